The van der Waals surface area contributed by atoms with Crippen LogP contribution in [0.2, 0.25) is 0 Å². The minimum atomic E-state index is -0.605. The molecule has 1 aromatic rings. The number of carbonyl (C=O) groups is 3. The molecule has 7 heteroatoms. The van der Waals surface area contributed by atoms with Gasteiger partial charge in [-0.2, -0.15) is 0 Å². The first kappa shape index (κ1) is 29.1. The molecule has 1 aromatic carbocycles. The Morgan fingerprint density at radius 2 is 1.85 bits per heavy atom. The maximum Gasteiger partial charge on any atom is 0.305 e. The van der Waals surface area contributed by atoms with E-state index in [1.54, 1.807) is 17.1 Å². The van der Waals surface area contributed by atoms with Crippen molar-refractivity contribution < 1.29 is 24.2 Å². The van der Waals surface area contributed by atoms with Gasteiger partial charge in [0.2, 0.25) is 11.8 Å². The Labute approximate surface area is 203 Å². The second-order valence-electron chi connectivity index (χ2n) is 8.67. The minimum absolute atomic E-state index is 0.00313. The smallest absolute Gasteiger partial charge is 0.305 e. The van der Waals surface area contributed by atoms with Gasteiger partial charge in [-0.3, -0.25) is 14.4 Å². The zero-order valence-corrected chi connectivity index (χ0v) is 20.6. The van der Waals surface area contributed by atoms with E-state index in [9.17, 15) is 19.5 Å². The van der Waals surface area contributed by atoms with E-state index in [1.807, 2.05) is 44.2 Å². The Morgan fingerprint density at radius 1 is 1.15 bits per heavy atom. The molecule has 0 spiro atoms. The quantitative estimate of drug-likeness (QED) is 0.205. The number of hydrogen-bond acceptors (Lipinski definition) is 5. The molecule has 0 heterocycles. The standard InChI is InChI=1S/C27H40N2O5/c1-5-7-9-15-26(32)34-20-24(21(3)4)28-27(33)23(12-6-2)18-25(31)29(16-17-30)19-22-13-10-8-11-14-22/h5-6,8,10-11,13-14,21,23-24,30H,1-2,7,9,12,15-20H2,3-4H3,(H,28,33)/t23-,24-/m1/s1. The number of ether oxygens (including phenoxy) is 1. The van der Waals surface area contributed by atoms with Gasteiger partial charge in [0.15, 0.2) is 0 Å². The Balaban J connectivity index is 2.76. The molecule has 0 aliphatic heterocycles. The summed E-state index contributed by atoms with van der Waals surface area (Å²) in [5.41, 5.74) is 0.948. The summed E-state index contributed by atoms with van der Waals surface area (Å²) in [5, 5.41) is 12.4. The van der Waals surface area contributed by atoms with E-state index in [4.69, 9.17) is 4.74 Å². The molecule has 34 heavy (non-hydrogen) atoms. The molecule has 0 fully saturated rings. The number of esters is 1. The first-order valence-corrected chi connectivity index (χ1v) is 11.9. The molecule has 0 aliphatic carbocycles. The van der Waals surface area contributed by atoms with Gasteiger partial charge in [-0.25, -0.2) is 0 Å². The van der Waals surface area contributed by atoms with E-state index >= 15 is 0 Å². The lowest BCUT2D eigenvalue weighted by Gasteiger charge is -2.27. The Morgan fingerprint density at radius 3 is 2.44 bits per heavy atom. The average molecular weight is 473 g/mol. The molecular formula is C27H40N2O5. The molecule has 1 rings (SSSR count). The summed E-state index contributed by atoms with van der Waals surface area (Å²) in [5.74, 6) is -1.37. The zero-order valence-electron chi connectivity index (χ0n) is 20.6. The average Bonchev–Trinajstić information content (AvgIpc) is 2.81. The lowest BCUT2D eigenvalue weighted by Crippen LogP contribution is -2.46. The van der Waals surface area contributed by atoms with Crippen LogP contribution in [0, 0.1) is 11.8 Å². The van der Waals surface area contributed by atoms with Crippen LogP contribution in [0.5, 0.6) is 0 Å². The number of rotatable bonds is 17. The van der Waals surface area contributed by atoms with Crippen molar-refractivity contribution in [3.8, 4) is 0 Å². The molecule has 0 bridgehead atoms. The molecule has 0 radical (unpaired) electrons. The molecule has 0 saturated heterocycles. The molecule has 2 atom stereocenters. The van der Waals surface area contributed by atoms with Gasteiger partial charge in [-0.05, 0) is 30.7 Å². The highest BCUT2D eigenvalue weighted by atomic mass is 16.5. The van der Waals surface area contributed by atoms with Crippen molar-refractivity contribution in [2.75, 3.05) is 19.8 Å². The second-order valence-corrected chi connectivity index (χ2v) is 8.67. The van der Waals surface area contributed by atoms with Crippen LogP contribution in [0.3, 0.4) is 0 Å². The fourth-order valence-electron chi connectivity index (χ4n) is 3.39. The van der Waals surface area contributed by atoms with Crippen LogP contribution in [0.1, 0.15) is 51.5 Å². The zero-order chi connectivity index (χ0) is 25.3. The third kappa shape index (κ3) is 11.3. The van der Waals surface area contributed by atoms with Crippen LogP contribution >= 0.6 is 0 Å². The van der Waals surface area contributed by atoms with Crippen LogP contribution < -0.4 is 5.32 Å². The Hall–Kier alpha value is -2.93. The molecule has 0 unspecified atom stereocenters. The summed E-state index contributed by atoms with van der Waals surface area (Å²) in [4.78, 5) is 39.6. The van der Waals surface area contributed by atoms with Crippen LogP contribution in [0.15, 0.2) is 55.6 Å². The SMILES string of the molecule is C=CCCCC(=O)OC[C@@H](NC(=O)[C@H](CC=C)CC(=O)N(CCO)Cc1ccccc1)C(C)C. The predicted octanol–water partition coefficient (Wildman–Crippen LogP) is 3.63. The number of allylic oxidation sites excluding steroid dienone is 2. The number of aliphatic hydroxyl groups is 1. The van der Waals surface area contributed by atoms with E-state index in [-0.39, 0.29) is 55.9 Å². The molecule has 7 nitrogen and oxygen atoms in total. The lowest BCUT2D eigenvalue weighted by molar-refractivity contribution is -0.145. The van der Waals surface area contributed by atoms with Gasteiger partial charge in [-0.1, -0.05) is 56.3 Å². The van der Waals surface area contributed by atoms with E-state index in [0.717, 1.165) is 12.0 Å². The first-order valence-electron chi connectivity index (χ1n) is 11.9. The van der Waals surface area contributed by atoms with Crippen LogP contribution in [0.4, 0.5) is 0 Å². The number of nitrogens with zero attached hydrogens (tertiary/aromatic N) is 1. The number of nitrogens with one attached hydrogen (secondary N) is 1. The fourth-order valence-corrected chi connectivity index (χ4v) is 3.39. The second kappa shape index (κ2) is 16.6. The number of benzene rings is 1. The van der Waals surface area contributed by atoms with Gasteiger partial charge in [0, 0.05) is 25.9 Å². The predicted molar refractivity (Wildman–Crippen MR) is 134 cm³/mol. The Kier molecular flexibility index (Phi) is 14.2. The van der Waals surface area contributed by atoms with Crippen molar-refractivity contribution in [3.63, 3.8) is 0 Å². The maximum atomic E-state index is 13.0. The van der Waals surface area contributed by atoms with Crippen LogP contribution in [-0.2, 0) is 25.7 Å². The summed E-state index contributed by atoms with van der Waals surface area (Å²) >= 11 is 0. The summed E-state index contributed by atoms with van der Waals surface area (Å²) in [6.45, 7) is 11.7. The van der Waals surface area contributed by atoms with Crippen molar-refractivity contribution >= 4 is 17.8 Å². The van der Waals surface area contributed by atoms with E-state index in [2.05, 4.69) is 18.5 Å². The fraction of sp³-hybridized carbons (Fsp3) is 0.519. The van der Waals surface area contributed by atoms with Crippen molar-refractivity contribution in [2.24, 2.45) is 11.8 Å². The molecule has 2 N–H and O–H groups in total. The Bertz CT molecular complexity index is 778. The number of hydrogen-bond donors (Lipinski definition) is 2. The van der Waals surface area contributed by atoms with E-state index in [0.29, 0.717) is 25.8 Å². The van der Waals surface area contributed by atoms with Gasteiger partial charge < -0.3 is 20.1 Å². The summed E-state index contributed by atoms with van der Waals surface area (Å²) in [6, 6.07) is 9.15. The highest BCUT2D eigenvalue weighted by Gasteiger charge is 2.27. The van der Waals surface area contributed by atoms with Gasteiger partial charge in [-0.15, -0.1) is 13.2 Å². The van der Waals surface area contributed by atoms with E-state index < -0.39 is 5.92 Å². The molecule has 0 saturated carbocycles. The van der Waals surface area contributed by atoms with Crippen LogP contribution in [0.25, 0.3) is 0 Å². The van der Waals surface area contributed by atoms with Gasteiger partial charge in [0.05, 0.1) is 18.6 Å². The number of unbranched alkanes of at least 4 members (excludes halogenated alkanes) is 1. The highest BCUT2D eigenvalue weighted by Crippen LogP contribution is 2.16. The van der Waals surface area contributed by atoms with Crippen LogP contribution in [-0.4, -0.2) is 53.6 Å². The summed E-state index contributed by atoms with van der Waals surface area (Å²) in [7, 11) is 0. The normalized spacial score (nSPS) is 12.5. The number of amides is 2. The molecule has 0 aromatic heterocycles. The van der Waals surface area contributed by atoms with Crippen molar-refractivity contribution in [1.82, 2.24) is 10.2 Å². The van der Waals surface area contributed by atoms with Crippen molar-refractivity contribution in [2.45, 2.75) is 58.5 Å². The molecule has 0 aliphatic rings. The van der Waals surface area contributed by atoms with Crippen molar-refractivity contribution in [3.05, 3.63) is 61.2 Å². The van der Waals surface area contributed by atoms with Crippen molar-refractivity contribution in [1.29, 1.82) is 0 Å². The molecular weight excluding hydrogens is 432 g/mol. The number of aliphatic hydroxyl groups excluding tert-OH is 1. The monoisotopic (exact) mass is 472 g/mol. The summed E-state index contributed by atoms with van der Waals surface area (Å²) < 4.78 is 5.36. The minimum Gasteiger partial charge on any atom is -0.463 e. The molecule has 2 amide bonds. The number of carbonyl (C=O) groups excluding carboxylic acids is 3. The largest absolute Gasteiger partial charge is 0.463 e. The highest BCUT2D eigenvalue weighted by molar-refractivity contribution is 5.86. The first-order chi connectivity index (χ1) is 16.3. The van der Waals surface area contributed by atoms with Gasteiger partial charge in [0.1, 0.15) is 6.61 Å². The van der Waals surface area contributed by atoms with Gasteiger partial charge in [0.25, 0.3) is 0 Å². The summed E-state index contributed by atoms with van der Waals surface area (Å²) in [6.07, 6.45) is 5.44. The maximum absolute atomic E-state index is 13.0. The molecule has 188 valence electrons. The van der Waals surface area contributed by atoms with E-state index in [1.165, 1.54) is 0 Å². The lowest BCUT2D eigenvalue weighted by atomic mass is 9.97. The topological polar surface area (TPSA) is 95.9 Å². The third-order valence-corrected chi connectivity index (χ3v) is 5.53. The third-order valence-electron chi connectivity index (χ3n) is 5.53. The van der Waals surface area contributed by atoms with Gasteiger partial charge >= 0.3 is 5.97 Å².